The van der Waals surface area contributed by atoms with Crippen molar-refractivity contribution in [3.63, 3.8) is 0 Å². The van der Waals surface area contributed by atoms with Crippen molar-refractivity contribution in [1.82, 2.24) is 4.98 Å². The number of para-hydroxylation sites is 2. The van der Waals surface area contributed by atoms with E-state index in [1.807, 2.05) is 0 Å². The predicted octanol–water partition coefficient (Wildman–Crippen LogP) is 17.1. The van der Waals surface area contributed by atoms with E-state index in [0.717, 1.165) is 72.6 Å². The standard InChI is InChI=1S/C61H41N3/c1-4-20-45(21-5-1)59-55-36-35-52(63(48-25-6-2-7-26-48)50-33-31-42-17-10-12-22-46(42)39-50)41-57(55)60(54-30-16-24-44-19-14-15-29-53(44)54)56-37-38-58(62-61(56)59)64(49-27-8-3-9-28-49)51-34-32-43-18-11-13-23-47(43)40-51/h1-41H. The highest BCUT2D eigenvalue weighted by Gasteiger charge is 2.24. The molecule has 12 aromatic rings. The molecule has 3 nitrogen and oxygen atoms in total. The highest BCUT2D eigenvalue weighted by molar-refractivity contribution is 6.23. The van der Waals surface area contributed by atoms with Crippen LogP contribution in [0.1, 0.15) is 0 Å². The third-order valence-electron chi connectivity index (χ3n) is 12.5. The number of fused-ring (bicyclic) bond motifs is 5. The molecule has 0 spiro atoms. The summed E-state index contributed by atoms with van der Waals surface area (Å²) < 4.78 is 0. The molecule has 3 heteroatoms. The Labute approximate surface area is 372 Å². The van der Waals surface area contributed by atoms with E-state index in [2.05, 4.69) is 259 Å². The number of rotatable bonds is 8. The van der Waals surface area contributed by atoms with Crippen molar-refractivity contribution in [3.8, 4) is 22.3 Å². The minimum absolute atomic E-state index is 0.845. The summed E-state index contributed by atoms with van der Waals surface area (Å²) in [6, 6.07) is 89.6. The maximum atomic E-state index is 5.80. The van der Waals surface area contributed by atoms with E-state index in [4.69, 9.17) is 4.98 Å². The summed E-state index contributed by atoms with van der Waals surface area (Å²) in [7, 11) is 0. The Bertz CT molecular complexity index is 3670. The van der Waals surface area contributed by atoms with Crippen LogP contribution in [0.3, 0.4) is 0 Å². The summed E-state index contributed by atoms with van der Waals surface area (Å²) >= 11 is 0. The van der Waals surface area contributed by atoms with Crippen molar-refractivity contribution in [3.05, 3.63) is 249 Å². The van der Waals surface area contributed by atoms with Crippen LogP contribution in [0.15, 0.2) is 249 Å². The highest BCUT2D eigenvalue weighted by Crippen LogP contribution is 2.48. The van der Waals surface area contributed by atoms with Gasteiger partial charge in [0.2, 0.25) is 0 Å². The molecule has 0 radical (unpaired) electrons. The van der Waals surface area contributed by atoms with Gasteiger partial charge in [0.1, 0.15) is 5.82 Å². The largest absolute Gasteiger partial charge is 0.310 e. The van der Waals surface area contributed by atoms with Gasteiger partial charge >= 0.3 is 0 Å². The molecule has 0 aliphatic carbocycles. The molecule has 12 rings (SSSR count). The monoisotopic (exact) mass is 815 g/mol. The first-order valence-corrected chi connectivity index (χ1v) is 21.9. The molecule has 0 N–H and O–H groups in total. The van der Waals surface area contributed by atoms with E-state index in [9.17, 15) is 0 Å². The maximum Gasteiger partial charge on any atom is 0.138 e. The molecular formula is C61H41N3. The fourth-order valence-electron chi connectivity index (χ4n) is 9.61. The van der Waals surface area contributed by atoms with Gasteiger partial charge in [-0.3, -0.25) is 4.90 Å². The van der Waals surface area contributed by atoms with Crippen LogP contribution in [0.5, 0.6) is 0 Å². The summed E-state index contributed by atoms with van der Waals surface area (Å²) in [5.41, 5.74) is 10.9. The molecule has 64 heavy (non-hydrogen) atoms. The van der Waals surface area contributed by atoms with Gasteiger partial charge in [-0.2, -0.15) is 0 Å². The third kappa shape index (κ3) is 6.50. The second-order valence-corrected chi connectivity index (χ2v) is 16.3. The Hall–Kier alpha value is -8.53. The first kappa shape index (κ1) is 37.2. The zero-order valence-electron chi connectivity index (χ0n) is 35.0. The zero-order valence-corrected chi connectivity index (χ0v) is 35.0. The van der Waals surface area contributed by atoms with E-state index in [1.165, 1.54) is 37.9 Å². The summed E-state index contributed by atoms with van der Waals surface area (Å²) in [5, 5.41) is 10.6. The minimum Gasteiger partial charge on any atom is -0.310 e. The average molecular weight is 816 g/mol. The molecule has 1 aromatic heterocycles. The molecule has 11 aromatic carbocycles. The van der Waals surface area contributed by atoms with Gasteiger partial charge in [0.25, 0.3) is 0 Å². The Morgan fingerprint density at radius 2 is 0.766 bits per heavy atom. The van der Waals surface area contributed by atoms with Gasteiger partial charge < -0.3 is 4.90 Å². The Morgan fingerprint density at radius 1 is 0.266 bits per heavy atom. The number of aromatic nitrogens is 1. The molecule has 0 saturated carbocycles. The van der Waals surface area contributed by atoms with Gasteiger partial charge in [-0.15, -0.1) is 0 Å². The van der Waals surface area contributed by atoms with E-state index in [-0.39, 0.29) is 0 Å². The van der Waals surface area contributed by atoms with Crippen LogP contribution >= 0.6 is 0 Å². The van der Waals surface area contributed by atoms with Crippen LogP contribution in [0.25, 0.3) is 76.2 Å². The van der Waals surface area contributed by atoms with Crippen LogP contribution in [-0.2, 0) is 0 Å². The third-order valence-corrected chi connectivity index (χ3v) is 12.5. The summed E-state index contributed by atoms with van der Waals surface area (Å²) in [6.45, 7) is 0. The molecular weight excluding hydrogens is 775 g/mol. The lowest BCUT2D eigenvalue weighted by Crippen LogP contribution is -2.12. The van der Waals surface area contributed by atoms with Crippen molar-refractivity contribution < 1.29 is 0 Å². The summed E-state index contributed by atoms with van der Waals surface area (Å²) in [5.74, 6) is 0.845. The van der Waals surface area contributed by atoms with Crippen molar-refractivity contribution in [2.75, 3.05) is 9.80 Å². The van der Waals surface area contributed by atoms with Crippen molar-refractivity contribution in [2.24, 2.45) is 0 Å². The normalized spacial score (nSPS) is 11.4. The van der Waals surface area contributed by atoms with E-state index in [0.29, 0.717) is 0 Å². The fraction of sp³-hybridized carbons (Fsp3) is 0. The maximum absolute atomic E-state index is 5.80. The minimum atomic E-state index is 0.845. The van der Waals surface area contributed by atoms with Crippen molar-refractivity contribution >= 4 is 88.2 Å². The lowest BCUT2D eigenvalue weighted by molar-refractivity contribution is 1.21. The van der Waals surface area contributed by atoms with Crippen molar-refractivity contribution in [2.45, 2.75) is 0 Å². The molecule has 300 valence electrons. The number of nitrogens with zero attached hydrogens (tertiary/aromatic N) is 3. The first-order chi connectivity index (χ1) is 31.7. The number of anilines is 6. The van der Waals surface area contributed by atoms with Gasteiger partial charge in [-0.1, -0.05) is 176 Å². The lowest BCUT2D eigenvalue weighted by Gasteiger charge is -2.28. The zero-order chi connectivity index (χ0) is 42.4. The molecule has 0 unspecified atom stereocenters. The molecule has 0 bridgehead atoms. The van der Waals surface area contributed by atoms with Gasteiger partial charge in [-0.25, -0.2) is 4.98 Å². The van der Waals surface area contributed by atoms with E-state index < -0.39 is 0 Å². The van der Waals surface area contributed by atoms with Gasteiger partial charge in [-0.05, 0) is 133 Å². The lowest BCUT2D eigenvalue weighted by atomic mass is 9.86. The van der Waals surface area contributed by atoms with Crippen LogP contribution in [-0.4, -0.2) is 4.98 Å². The van der Waals surface area contributed by atoms with Crippen molar-refractivity contribution in [1.29, 1.82) is 0 Å². The van der Waals surface area contributed by atoms with E-state index >= 15 is 0 Å². The number of pyridine rings is 1. The molecule has 0 atom stereocenters. The smallest absolute Gasteiger partial charge is 0.138 e. The van der Waals surface area contributed by atoms with Gasteiger partial charge in [0, 0.05) is 39.4 Å². The van der Waals surface area contributed by atoms with Gasteiger partial charge in [0.05, 0.1) is 5.52 Å². The Balaban J connectivity index is 1.18. The molecule has 0 aliphatic rings. The second-order valence-electron chi connectivity index (χ2n) is 16.3. The fourth-order valence-corrected chi connectivity index (χ4v) is 9.61. The number of benzene rings is 11. The molecule has 0 fully saturated rings. The average Bonchev–Trinajstić information content (AvgIpc) is 3.36. The molecule has 0 aliphatic heterocycles. The second kappa shape index (κ2) is 15.7. The number of hydrogen-bond acceptors (Lipinski definition) is 3. The highest BCUT2D eigenvalue weighted by atomic mass is 15.2. The summed E-state index contributed by atoms with van der Waals surface area (Å²) in [6.07, 6.45) is 0. The SMILES string of the molecule is c1ccc(-c2c3ccc(N(c4ccccc4)c4ccc5ccccc5c4)cc3c(-c3cccc4ccccc34)c3ccc(N(c4ccccc4)c4ccc5ccccc5c4)nc23)cc1. The molecule has 0 amide bonds. The Kier molecular flexibility index (Phi) is 9.16. The number of hydrogen-bond donors (Lipinski definition) is 0. The van der Waals surface area contributed by atoms with Crippen LogP contribution in [0.2, 0.25) is 0 Å². The van der Waals surface area contributed by atoms with Crippen LogP contribution in [0.4, 0.5) is 34.3 Å². The van der Waals surface area contributed by atoms with Gasteiger partial charge in [0.15, 0.2) is 0 Å². The topological polar surface area (TPSA) is 19.4 Å². The predicted molar refractivity (Wildman–Crippen MR) is 272 cm³/mol. The molecule has 1 heterocycles. The van der Waals surface area contributed by atoms with Crippen LogP contribution < -0.4 is 9.80 Å². The van der Waals surface area contributed by atoms with Crippen LogP contribution in [0, 0.1) is 0 Å². The van der Waals surface area contributed by atoms with E-state index in [1.54, 1.807) is 0 Å². The first-order valence-electron chi connectivity index (χ1n) is 21.9. The quantitative estimate of drug-likeness (QED) is 0.142. The molecule has 0 saturated heterocycles. The summed E-state index contributed by atoms with van der Waals surface area (Å²) in [4.78, 5) is 10.5. The Morgan fingerprint density at radius 3 is 1.44 bits per heavy atom.